The molecule has 0 radical (unpaired) electrons. The van der Waals surface area contributed by atoms with Gasteiger partial charge in [-0.3, -0.25) is 10.1 Å². The SMILES string of the molecule is N#CC1=C(N)Oc2cc(N)ccc2C1c1cccc([N+](=O)[O-])c1. The molecular weight excluding hydrogens is 296 g/mol. The van der Waals surface area contributed by atoms with Crippen molar-refractivity contribution in [2.45, 2.75) is 5.92 Å². The number of anilines is 1. The van der Waals surface area contributed by atoms with E-state index in [9.17, 15) is 15.4 Å². The third kappa shape index (κ3) is 2.42. The van der Waals surface area contributed by atoms with Gasteiger partial charge in [0.2, 0.25) is 5.88 Å². The first kappa shape index (κ1) is 14.4. The molecular formula is C16H12N4O3. The number of nitrogen functional groups attached to an aromatic ring is 1. The standard InChI is InChI=1S/C16H12N4O3/c17-8-13-15(9-2-1-3-11(6-9)20(21)22)12-5-4-10(18)7-14(12)23-16(13)19/h1-7,15H,18-19H2. The lowest BCUT2D eigenvalue weighted by atomic mass is 9.83. The van der Waals surface area contributed by atoms with E-state index < -0.39 is 10.8 Å². The van der Waals surface area contributed by atoms with Gasteiger partial charge in [-0.05, 0) is 11.6 Å². The molecule has 0 aliphatic carbocycles. The highest BCUT2D eigenvalue weighted by Gasteiger charge is 2.31. The van der Waals surface area contributed by atoms with Crippen LogP contribution in [0.25, 0.3) is 0 Å². The monoisotopic (exact) mass is 308 g/mol. The number of allylic oxidation sites excluding steroid dienone is 1. The van der Waals surface area contributed by atoms with E-state index in [1.807, 2.05) is 6.07 Å². The minimum atomic E-state index is -0.538. The lowest BCUT2D eigenvalue weighted by Gasteiger charge is -2.26. The van der Waals surface area contributed by atoms with Crippen molar-refractivity contribution >= 4 is 11.4 Å². The molecule has 1 atom stereocenters. The number of hydrogen-bond donors (Lipinski definition) is 2. The highest BCUT2D eigenvalue weighted by atomic mass is 16.6. The number of nitro groups is 1. The molecule has 0 aromatic heterocycles. The first-order valence-electron chi connectivity index (χ1n) is 6.72. The van der Waals surface area contributed by atoms with Crippen LogP contribution in [0.5, 0.6) is 5.75 Å². The highest BCUT2D eigenvalue weighted by Crippen LogP contribution is 2.43. The minimum Gasteiger partial charge on any atom is -0.440 e. The van der Waals surface area contributed by atoms with Crippen LogP contribution in [-0.4, -0.2) is 4.92 Å². The average molecular weight is 308 g/mol. The molecule has 1 aliphatic rings. The van der Waals surface area contributed by atoms with Crippen LogP contribution >= 0.6 is 0 Å². The Morgan fingerprint density at radius 3 is 2.70 bits per heavy atom. The molecule has 0 fully saturated rings. The van der Waals surface area contributed by atoms with Crippen molar-refractivity contribution in [1.82, 2.24) is 0 Å². The predicted octanol–water partition coefficient (Wildman–Crippen LogP) is 2.40. The number of rotatable bonds is 2. The molecule has 3 rings (SSSR count). The maximum absolute atomic E-state index is 11.0. The molecule has 2 aromatic carbocycles. The molecule has 0 spiro atoms. The first-order chi connectivity index (χ1) is 11.0. The molecule has 23 heavy (non-hydrogen) atoms. The molecule has 114 valence electrons. The number of nitrogens with zero attached hydrogens (tertiary/aromatic N) is 2. The quantitative estimate of drug-likeness (QED) is 0.498. The molecule has 0 saturated carbocycles. The molecule has 0 amide bonds. The van der Waals surface area contributed by atoms with Crippen molar-refractivity contribution < 1.29 is 9.66 Å². The normalized spacial score (nSPS) is 16.2. The molecule has 1 unspecified atom stereocenters. The summed E-state index contributed by atoms with van der Waals surface area (Å²) in [5.41, 5.74) is 13.5. The number of nitrogens with two attached hydrogens (primary N) is 2. The zero-order chi connectivity index (χ0) is 16.6. The fourth-order valence-electron chi connectivity index (χ4n) is 2.63. The maximum atomic E-state index is 11.0. The van der Waals surface area contributed by atoms with Gasteiger partial charge in [-0.25, -0.2) is 0 Å². The molecule has 1 aliphatic heterocycles. The lowest BCUT2D eigenvalue weighted by Crippen LogP contribution is -2.21. The highest BCUT2D eigenvalue weighted by molar-refractivity contribution is 5.60. The Labute approximate surface area is 131 Å². The van der Waals surface area contributed by atoms with Gasteiger partial charge in [0, 0.05) is 29.4 Å². The Morgan fingerprint density at radius 1 is 1.22 bits per heavy atom. The van der Waals surface area contributed by atoms with Crippen LogP contribution in [0.3, 0.4) is 0 Å². The van der Waals surface area contributed by atoms with Gasteiger partial charge in [-0.1, -0.05) is 18.2 Å². The van der Waals surface area contributed by atoms with Crippen molar-refractivity contribution in [3.8, 4) is 11.8 Å². The summed E-state index contributed by atoms with van der Waals surface area (Å²) in [5.74, 6) is -0.121. The third-order valence-corrected chi connectivity index (χ3v) is 3.66. The van der Waals surface area contributed by atoms with Crippen molar-refractivity contribution in [3.63, 3.8) is 0 Å². The van der Waals surface area contributed by atoms with E-state index in [1.165, 1.54) is 12.1 Å². The largest absolute Gasteiger partial charge is 0.440 e. The lowest BCUT2D eigenvalue weighted by molar-refractivity contribution is -0.384. The van der Waals surface area contributed by atoms with Crippen LogP contribution < -0.4 is 16.2 Å². The van der Waals surface area contributed by atoms with Gasteiger partial charge in [-0.2, -0.15) is 5.26 Å². The fourth-order valence-corrected chi connectivity index (χ4v) is 2.63. The summed E-state index contributed by atoms with van der Waals surface area (Å²) in [4.78, 5) is 10.5. The van der Waals surface area contributed by atoms with Crippen LogP contribution in [-0.2, 0) is 0 Å². The van der Waals surface area contributed by atoms with E-state index in [0.717, 1.165) is 0 Å². The van der Waals surface area contributed by atoms with Gasteiger partial charge in [0.05, 0.1) is 10.8 Å². The zero-order valence-electron chi connectivity index (χ0n) is 11.9. The molecule has 1 heterocycles. The second-order valence-corrected chi connectivity index (χ2v) is 5.07. The average Bonchev–Trinajstić information content (AvgIpc) is 2.53. The van der Waals surface area contributed by atoms with Crippen LogP contribution in [0.2, 0.25) is 0 Å². The van der Waals surface area contributed by atoms with Gasteiger partial charge >= 0.3 is 0 Å². The van der Waals surface area contributed by atoms with Gasteiger partial charge < -0.3 is 16.2 Å². The molecule has 7 heteroatoms. The molecule has 4 N–H and O–H groups in total. The van der Waals surface area contributed by atoms with E-state index in [2.05, 4.69) is 0 Å². The Bertz CT molecular complexity index is 883. The number of hydrogen-bond acceptors (Lipinski definition) is 6. The summed E-state index contributed by atoms with van der Waals surface area (Å²) in [6.45, 7) is 0. The van der Waals surface area contributed by atoms with Gasteiger partial charge in [0.25, 0.3) is 5.69 Å². The number of non-ortho nitro benzene ring substituents is 1. The summed E-state index contributed by atoms with van der Waals surface area (Å²) in [5, 5.41) is 20.4. The summed E-state index contributed by atoms with van der Waals surface area (Å²) in [6.07, 6.45) is 0. The van der Waals surface area contributed by atoms with Crippen LogP contribution in [0.4, 0.5) is 11.4 Å². The number of nitriles is 1. The Hall–Kier alpha value is -3.53. The van der Waals surface area contributed by atoms with Crippen LogP contribution in [0.15, 0.2) is 53.9 Å². The number of nitro benzene ring substituents is 1. The van der Waals surface area contributed by atoms with Crippen molar-refractivity contribution in [2.75, 3.05) is 5.73 Å². The number of benzene rings is 2. The minimum absolute atomic E-state index is 0.0258. The molecule has 0 bridgehead atoms. The van der Waals surface area contributed by atoms with E-state index in [-0.39, 0.29) is 17.1 Å². The molecule has 2 aromatic rings. The summed E-state index contributed by atoms with van der Waals surface area (Å²) in [7, 11) is 0. The van der Waals surface area contributed by atoms with Gasteiger partial charge in [-0.15, -0.1) is 0 Å². The third-order valence-electron chi connectivity index (χ3n) is 3.66. The van der Waals surface area contributed by atoms with E-state index >= 15 is 0 Å². The first-order valence-corrected chi connectivity index (χ1v) is 6.72. The second-order valence-electron chi connectivity index (χ2n) is 5.07. The maximum Gasteiger partial charge on any atom is 0.269 e. The zero-order valence-corrected chi connectivity index (χ0v) is 11.9. The molecule has 0 saturated heterocycles. The van der Waals surface area contributed by atoms with Crippen LogP contribution in [0.1, 0.15) is 17.0 Å². The summed E-state index contributed by atoms with van der Waals surface area (Å²) < 4.78 is 5.47. The smallest absolute Gasteiger partial charge is 0.269 e. The van der Waals surface area contributed by atoms with Crippen LogP contribution in [0, 0.1) is 21.4 Å². The second kappa shape index (κ2) is 5.35. The fraction of sp³-hybridized carbons (Fsp3) is 0.0625. The summed E-state index contributed by atoms with van der Waals surface area (Å²) >= 11 is 0. The van der Waals surface area contributed by atoms with E-state index in [4.69, 9.17) is 16.2 Å². The van der Waals surface area contributed by atoms with Gasteiger partial charge in [0.15, 0.2) is 0 Å². The Balaban J connectivity index is 2.22. The molecule has 7 nitrogen and oxygen atoms in total. The van der Waals surface area contributed by atoms with E-state index in [0.29, 0.717) is 22.6 Å². The summed E-state index contributed by atoms with van der Waals surface area (Å²) in [6, 6.07) is 13.2. The number of ether oxygens (including phenoxy) is 1. The van der Waals surface area contributed by atoms with Gasteiger partial charge in [0.1, 0.15) is 17.4 Å². The van der Waals surface area contributed by atoms with Crippen molar-refractivity contribution in [1.29, 1.82) is 5.26 Å². The van der Waals surface area contributed by atoms with Crippen molar-refractivity contribution in [2.24, 2.45) is 5.73 Å². The van der Waals surface area contributed by atoms with E-state index in [1.54, 1.807) is 30.3 Å². The topological polar surface area (TPSA) is 128 Å². The predicted molar refractivity (Wildman–Crippen MR) is 83.2 cm³/mol. The van der Waals surface area contributed by atoms with Crippen molar-refractivity contribution in [3.05, 3.63) is 75.2 Å². The number of fused-ring (bicyclic) bond motifs is 1. The Kier molecular flexibility index (Phi) is 3.35. The Morgan fingerprint density at radius 2 is 2.00 bits per heavy atom.